The highest BCUT2D eigenvalue weighted by molar-refractivity contribution is 9.10. The Balaban J connectivity index is 2.35. The van der Waals surface area contributed by atoms with Crippen LogP contribution in [0.1, 0.15) is 13.3 Å². The summed E-state index contributed by atoms with van der Waals surface area (Å²) < 4.78 is 6.29. The van der Waals surface area contributed by atoms with Gasteiger partial charge in [-0.3, -0.25) is 0 Å². The average molecular weight is 335 g/mol. The monoisotopic (exact) mass is 333 g/mol. The molecule has 4 nitrogen and oxygen atoms in total. The normalized spacial score (nSPS) is 10.5. The zero-order valence-electron chi connectivity index (χ0n) is 8.98. The molecule has 0 fully saturated rings. The smallest absolute Gasteiger partial charge is 0.321 e. The van der Waals surface area contributed by atoms with E-state index in [1.54, 1.807) is 11.3 Å². The molecule has 0 spiro atoms. The van der Waals surface area contributed by atoms with Gasteiger partial charge in [-0.15, -0.1) is 0 Å². The molecular weight excluding hydrogens is 326 g/mol. The molecule has 0 amide bonds. The number of hydrogen-bond acceptors (Lipinski definition) is 5. The maximum Gasteiger partial charge on any atom is 0.321 e. The van der Waals surface area contributed by atoms with Gasteiger partial charge in [-0.05, 0) is 34.0 Å². The summed E-state index contributed by atoms with van der Waals surface area (Å²) >= 11 is 10.8. The van der Waals surface area contributed by atoms with Crippen LogP contribution in [0.5, 0.6) is 6.01 Å². The van der Waals surface area contributed by atoms with Crippen LogP contribution in [0, 0.1) is 0 Å². The van der Waals surface area contributed by atoms with Crippen molar-refractivity contribution in [3.8, 4) is 17.4 Å². The first-order valence-corrected chi connectivity index (χ1v) is 7.08. The van der Waals surface area contributed by atoms with Crippen molar-refractivity contribution in [1.82, 2.24) is 15.0 Å². The Morgan fingerprint density at radius 1 is 1.35 bits per heavy atom. The second-order valence-electron chi connectivity index (χ2n) is 3.19. The van der Waals surface area contributed by atoms with Crippen LogP contribution in [-0.2, 0) is 0 Å². The average Bonchev–Trinajstić information content (AvgIpc) is 2.72. The lowest BCUT2D eigenvalue weighted by Gasteiger charge is -2.04. The Labute approximate surface area is 116 Å². The van der Waals surface area contributed by atoms with E-state index in [9.17, 15) is 0 Å². The standard InChI is InChI=1S/C10H9BrClN3OS/c1-2-3-16-10-14-8(13-9(12)15-10)6-4-17-5-7(6)11/h4-5H,2-3H2,1H3. The third-order valence-electron chi connectivity index (χ3n) is 1.88. The molecule has 0 aliphatic rings. The predicted molar refractivity (Wildman–Crippen MR) is 71.6 cm³/mol. The predicted octanol–water partition coefficient (Wildman–Crippen LogP) is 3.80. The van der Waals surface area contributed by atoms with E-state index in [2.05, 4.69) is 30.9 Å². The maximum atomic E-state index is 5.84. The molecule has 7 heteroatoms. The first-order chi connectivity index (χ1) is 8.20. The van der Waals surface area contributed by atoms with Crippen molar-refractivity contribution < 1.29 is 4.74 Å². The molecule has 0 radical (unpaired) electrons. The lowest BCUT2D eigenvalue weighted by Crippen LogP contribution is -2.02. The number of hydrogen-bond donors (Lipinski definition) is 0. The molecule has 90 valence electrons. The summed E-state index contributed by atoms with van der Waals surface area (Å²) in [4.78, 5) is 12.2. The third-order valence-corrected chi connectivity index (χ3v) is 3.75. The molecule has 2 aromatic rings. The minimum atomic E-state index is 0.138. The summed E-state index contributed by atoms with van der Waals surface area (Å²) in [7, 11) is 0. The van der Waals surface area contributed by atoms with Crippen LogP contribution in [0.25, 0.3) is 11.4 Å². The molecule has 2 heterocycles. The number of rotatable bonds is 4. The van der Waals surface area contributed by atoms with Gasteiger partial charge in [0.05, 0.1) is 6.61 Å². The van der Waals surface area contributed by atoms with E-state index in [-0.39, 0.29) is 11.3 Å². The van der Waals surface area contributed by atoms with Crippen molar-refractivity contribution in [1.29, 1.82) is 0 Å². The Hall–Kier alpha value is -0.720. The largest absolute Gasteiger partial charge is 0.463 e. The van der Waals surface area contributed by atoms with Gasteiger partial charge in [-0.25, -0.2) is 0 Å². The van der Waals surface area contributed by atoms with Gasteiger partial charge in [0.2, 0.25) is 5.28 Å². The maximum absolute atomic E-state index is 5.84. The Morgan fingerprint density at radius 3 is 2.82 bits per heavy atom. The van der Waals surface area contributed by atoms with Gasteiger partial charge in [0.25, 0.3) is 0 Å². The summed E-state index contributed by atoms with van der Waals surface area (Å²) in [5.74, 6) is 0.518. The quantitative estimate of drug-likeness (QED) is 0.853. The van der Waals surface area contributed by atoms with Crippen molar-refractivity contribution in [2.45, 2.75) is 13.3 Å². The highest BCUT2D eigenvalue weighted by Gasteiger charge is 2.11. The van der Waals surface area contributed by atoms with Crippen molar-refractivity contribution in [3.63, 3.8) is 0 Å². The van der Waals surface area contributed by atoms with Crippen molar-refractivity contribution in [2.75, 3.05) is 6.61 Å². The summed E-state index contributed by atoms with van der Waals surface area (Å²) in [5, 5.41) is 4.04. The highest BCUT2D eigenvalue weighted by atomic mass is 79.9. The van der Waals surface area contributed by atoms with E-state index in [1.165, 1.54) is 0 Å². The van der Waals surface area contributed by atoms with E-state index < -0.39 is 0 Å². The van der Waals surface area contributed by atoms with Crippen LogP contribution in [-0.4, -0.2) is 21.6 Å². The zero-order valence-corrected chi connectivity index (χ0v) is 12.1. The number of nitrogens with zero attached hydrogens (tertiary/aromatic N) is 3. The van der Waals surface area contributed by atoms with Crippen LogP contribution < -0.4 is 4.74 Å². The van der Waals surface area contributed by atoms with E-state index in [0.717, 1.165) is 16.5 Å². The van der Waals surface area contributed by atoms with Crippen molar-refractivity contribution >= 4 is 38.9 Å². The van der Waals surface area contributed by atoms with Crippen LogP contribution in [0.4, 0.5) is 0 Å². The number of thiophene rings is 1. The minimum absolute atomic E-state index is 0.138. The molecule has 0 aliphatic heterocycles. The summed E-state index contributed by atoms with van der Waals surface area (Å²) in [6, 6.07) is 0.264. The molecule has 2 rings (SSSR count). The van der Waals surface area contributed by atoms with Gasteiger partial charge in [0.1, 0.15) is 0 Å². The summed E-state index contributed by atoms with van der Waals surface area (Å²) in [6.07, 6.45) is 0.890. The molecule has 2 aromatic heterocycles. The Bertz CT molecular complexity index is 520. The third kappa shape index (κ3) is 3.14. The van der Waals surface area contributed by atoms with Gasteiger partial charge in [-0.1, -0.05) is 6.92 Å². The second-order valence-corrected chi connectivity index (χ2v) is 5.13. The molecule has 0 saturated carbocycles. The molecule has 0 bridgehead atoms. The molecule has 0 unspecified atom stereocenters. The van der Waals surface area contributed by atoms with Crippen LogP contribution in [0.2, 0.25) is 5.28 Å². The SMILES string of the molecule is CCCOc1nc(Cl)nc(-c2cscc2Br)n1. The minimum Gasteiger partial charge on any atom is -0.463 e. The molecular formula is C10H9BrClN3OS. The number of halogens is 2. The van der Waals surface area contributed by atoms with Gasteiger partial charge >= 0.3 is 6.01 Å². The van der Waals surface area contributed by atoms with E-state index in [1.807, 2.05) is 17.7 Å². The fourth-order valence-electron chi connectivity index (χ4n) is 1.15. The van der Waals surface area contributed by atoms with Crippen LogP contribution in [0.15, 0.2) is 15.2 Å². The molecule has 17 heavy (non-hydrogen) atoms. The second kappa shape index (κ2) is 5.75. The van der Waals surface area contributed by atoms with Gasteiger partial charge in [0, 0.05) is 20.8 Å². The zero-order chi connectivity index (χ0) is 12.3. The number of ether oxygens (including phenoxy) is 1. The molecule has 0 atom stereocenters. The van der Waals surface area contributed by atoms with E-state index in [4.69, 9.17) is 16.3 Å². The number of aromatic nitrogens is 3. The first-order valence-electron chi connectivity index (χ1n) is 4.97. The van der Waals surface area contributed by atoms with Crippen LogP contribution >= 0.6 is 38.9 Å². The van der Waals surface area contributed by atoms with Crippen molar-refractivity contribution in [2.24, 2.45) is 0 Å². The van der Waals surface area contributed by atoms with Gasteiger partial charge in [-0.2, -0.15) is 26.3 Å². The van der Waals surface area contributed by atoms with E-state index >= 15 is 0 Å². The molecule has 0 aliphatic carbocycles. The molecule has 0 aromatic carbocycles. The fraction of sp³-hybridized carbons (Fsp3) is 0.300. The highest BCUT2D eigenvalue weighted by Crippen LogP contribution is 2.30. The van der Waals surface area contributed by atoms with E-state index in [0.29, 0.717) is 12.4 Å². The molecule has 0 N–H and O–H groups in total. The van der Waals surface area contributed by atoms with Gasteiger partial charge < -0.3 is 4.74 Å². The first kappa shape index (κ1) is 12.7. The summed E-state index contributed by atoms with van der Waals surface area (Å²) in [6.45, 7) is 2.57. The Morgan fingerprint density at radius 2 is 2.18 bits per heavy atom. The van der Waals surface area contributed by atoms with Gasteiger partial charge in [0.15, 0.2) is 5.82 Å². The lowest BCUT2D eigenvalue weighted by molar-refractivity contribution is 0.291. The summed E-state index contributed by atoms with van der Waals surface area (Å²) in [5.41, 5.74) is 0.889. The molecule has 0 saturated heterocycles. The Kier molecular flexibility index (Phi) is 4.31. The fourth-order valence-corrected chi connectivity index (χ4v) is 2.75. The van der Waals surface area contributed by atoms with Crippen molar-refractivity contribution in [3.05, 3.63) is 20.5 Å². The topological polar surface area (TPSA) is 47.9 Å². The van der Waals surface area contributed by atoms with Crippen LogP contribution in [0.3, 0.4) is 0 Å². The lowest BCUT2D eigenvalue weighted by atomic mass is 10.3.